The van der Waals surface area contributed by atoms with Crippen LogP contribution in [0.15, 0.2) is 60.7 Å². The lowest BCUT2D eigenvalue weighted by atomic mass is 10.0. The fraction of sp³-hybridized carbons (Fsp3) is 0.286. The monoisotopic (exact) mass is 335 g/mol. The number of nitrogens with zero attached hydrogens (tertiary/aromatic N) is 1. The molecule has 0 radical (unpaired) electrons. The zero-order valence-electron chi connectivity index (χ0n) is 14.4. The second kappa shape index (κ2) is 8.49. The lowest BCUT2D eigenvalue weighted by Crippen LogP contribution is -2.43. The van der Waals surface area contributed by atoms with Gasteiger partial charge in [-0.3, -0.25) is 9.69 Å². The molecule has 1 amide bonds. The first-order chi connectivity index (χ1) is 12.2. The number of carbonyl (C=O) groups excluding carboxylic acids is 1. The molecule has 0 spiro atoms. The molecule has 0 unspecified atom stereocenters. The minimum atomic E-state index is -0.0293. The fourth-order valence-electron chi connectivity index (χ4n) is 3.11. The fourth-order valence-corrected chi connectivity index (χ4v) is 3.11. The number of likely N-dealkylation sites (tertiary alicyclic amines) is 1. The normalized spacial score (nSPS) is 16.2. The Morgan fingerprint density at radius 2 is 1.76 bits per heavy atom. The molecule has 4 nitrogen and oxygen atoms in total. The van der Waals surface area contributed by atoms with Crippen LogP contribution in [0.4, 0.5) is 5.69 Å². The van der Waals surface area contributed by atoms with Crippen LogP contribution < -0.4 is 11.1 Å². The summed E-state index contributed by atoms with van der Waals surface area (Å²) in [5, 5.41) is 3.11. The number of carbonyl (C=O) groups is 1. The number of hydrogen-bond donors (Lipinski definition) is 2. The van der Waals surface area contributed by atoms with Gasteiger partial charge in [-0.15, -0.1) is 0 Å². The van der Waals surface area contributed by atoms with Crippen molar-refractivity contribution in [2.75, 3.05) is 18.8 Å². The Kier molecular flexibility index (Phi) is 5.86. The third kappa shape index (κ3) is 5.47. The van der Waals surface area contributed by atoms with E-state index in [9.17, 15) is 4.79 Å². The molecule has 25 heavy (non-hydrogen) atoms. The number of nitrogen functional groups attached to an aromatic ring is 1. The average molecular weight is 335 g/mol. The Bertz CT molecular complexity index is 702. The van der Waals surface area contributed by atoms with Crippen LogP contribution in [0.2, 0.25) is 0 Å². The predicted octanol–water partition coefficient (Wildman–Crippen LogP) is 3.06. The van der Waals surface area contributed by atoms with E-state index in [2.05, 4.69) is 34.5 Å². The summed E-state index contributed by atoms with van der Waals surface area (Å²) in [6.45, 7) is 3.02. The van der Waals surface area contributed by atoms with Gasteiger partial charge >= 0.3 is 0 Å². The lowest BCUT2D eigenvalue weighted by molar-refractivity contribution is -0.117. The Balaban J connectivity index is 1.42. The molecule has 0 aliphatic carbocycles. The highest BCUT2D eigenvalue weighted by Crippen LogP contribution is 2.14. The molecule has 1 aliphatic rings. The van der Waals surface area contributed by atoms with Crippen LogP contribution >= 0.6 is 0 Å². The number of nitrogens with one attached hydrogen (secondary N) is 1. The molecule has 0 bridgehead atoms. The van der Waals surface area contributed by atoms with Gasteiger partial charge in [0.25, 0.3) is 0 Å². The van der Waals surface area contributed by atoms with Gasteiger partial charge in [0.2, 0.25) is 5.91 Å². The molecule has 0 aromatic heterocycles. The van der Waals surface area contributed by atoms with Crippen molar-refractivity contribution in [2.45, 2.75) is 25.4 Å². The van der Waals surface area contributed by atoms with Crippen molar-refractivity contribution >= 4 is 17.7 Å². The van der Waals surface area contributed by atoms with Crippen molar-refractivity contribution < 1.29 is 4.79 Å². The smallest absolute Gasteiger partial charge is 0.244 e. The first-order valence-corrected chi connectivity index (χ1v) is 8.79. The molecule has 130 valence electrons. The number of amides is 1. The van der Waals surface area contributed by atoms with Gasteiger partial charge in [0.1, 0.15) is 0 Å². The van der Waals surface area contributed by atoms with Crippen LogP contribution in [-0.4, -0.2) is 29.9 Å². The first-order valence-electron chi connectivity index (χ1n) is 8.79. The molecule has 2 aromatic rings. The number of rotatable bonds is 5. The molecular formula is C21H25N3O. The summed E-state index contributed by atoms with van der Waals surface area (Å²) >= 11 is 0. The Morgan fingerprint density at radius 1 is 1.08 bits per heavy atom. The molecule has 0 atom stereocenters. The SMILES string of the molecule is Nc1ccc(/C=C/C(=O)NC2CCN(Cc3ccccc3)CC2)cc1. The summed E-state index contributed by atoms with van der Waals surface area (Å²) in [5.74, 6) is -0.0293. The van der Waals surface area contributed by atoms with Crippen LogP contribution in [0.3, 0.4) is 0 Å². The maximum absolute atomic E-state index is 12.1. The van der Waals surface area contributed by atoms with Crippen molar-refractivity contribution in [3.8, 4) is 0 Å². The molecular weight excluding hydrogens is 310 g/mol. The molecule has 1 saturated heterocycles. The average Bonchev–Trinajstić information content (AvgIpc) is 2.64. The van der Waals surface area contributed by atoms with Gasteiger partial charge in [-0.2, -0.15) is 0 Å². The van der Waals surface area contributed by atoms with Crippen molar-refractivity contribution in [3.05, 3.63) is 71.8 Å². The molecule has 2 aromatic carbocycles. The van der Waals surface area contributed by atoms with E-state index < -0.39 is 0 Å². The minimum absolute atomic E-state index is 0.0293. The van der Waals surface area contributed by atoms with Crippen LogP contribution in [0.1, 0.15) is 24.0 Å². The van der Waals surface area contributed by atoms with Gasteiger partial charge in [0, 0.05) is 37.4 Å². The van der Waals surface area contributed by atoms with Crippen molar-refractivity contribution in [1.82, 2.24) is 10.2 Å². The highest BCUT2D eigenvalue weighted by atomic mass is 16.1. The van der Waals surface area contributed by atoms with Gasteiger partial charge in [-0.1, -0.05) is 42.5 Å². The highest BCUT2D eigenvalue weighted by molar-refractivity contribution is 5.91. The van der Waals surface area contributed by atoms with Crippen molar-refractivity contribution in [3.63, 3.8) is 0 Å². The van der Waals surface area contributed by atoms with Gasteiger partial charge in [-0.25, -0.2) is 0 Å². The zero-order chi connectivity index (χ0) is 17.5. The van der Waals surface area contributed by atoms with Crippen LogP contribution in [0, 0.1) is 0 Å². The Hall–Kier alpha value is -2.59. The lowest BCUT2D eigenvalue weighted by Gasteiger charge is -2.32. The second-order valence-corrected chi connectivity index (χ2v) is 6.54. The summed E-state index contributed by atoms with van der Waals surface area (Å²) < 4.78 is 0. The van der Waals surface area contributed by atoms with E-state index in [1.165, 1.54) is 5.56 Å². The molecule has 1 heterocycles. The van der Waals surface area contributed by atoms with Crippen molar-refractivity contribution in [2.24, 2.45) is 0 Å². The second-order valence-electron chi connectivity index (χ2n) is 6.54. The van der Waals surface area contributed by atoms with Crippen LogP contribution in [0.5, 0.6) is 0 Å². The number of anilines is 1. The van der Waals surface area contributed by atoms with Gasteiger partial charge in [0.15, 0.2) is 0 Å². The van der Waals surface area contributed by atoms with E-state index >= 15 is 0 Å². The molecule has 3 rings (SSSR count). The largest absolute Gasteiger partial charge is 0.399 e. The van der Waals surface area contributed by atoms with Crippen LogP contribution in [0.25, 0.3) is 6.08 Å². The van der Waals surface area contributed by atoms with E-state index in [0.29, 0.717) is 0 Å². The number of benzene rings is 2. The number of piperidine rings is 1. The summed E-state index contributed by atoms with van der Waals surface area (Å²) in [4.78, 5) is 14.5. The topological polar surface area (TPSA) is 58.4 Å². The zero-order valence-corrected chi connectivity index (χ0v) is 14.4. The van der Waals surface area contributed by atoms with Crippen LogP contribution in [-0.2, 0) is 11.3 Å². The number of nitrogens with two attached hydrogens (primary N) is 1. The third-order valence-electron chi connectivity index (χ3n) is 4.55. The van der Waals surface area contributed by atoms with Gasteiger partial charge in [-0.05, 0) is 42.2 Å². The summed E-state index contributed by atoms with van der Waals surface area (Å²) in [7, 11) is 0. The minimum Gasteiger partial charge on any atom is -0.399 e. The van der Waals surface area contributed by atoms with Gasteiger partial charge in [0.05, 0.1) is 0 Å². The third-order valence-corrected chi connectivity index (χ3v) is 4.55. The quantitative estimate of drug-likeness (QED) is 0.652. The van der Waals surface area contributed by atoms with E-state index in [1.807, 2.05) is 36.4 Å². The predicted molar refractivity (Wildman–Crippen MR) is 103 cm³/mol. The summed E-state index contributed by atoms with van der Waals surface area (Å²) in [6.07, 6.45) is 5.41. The van der Waals surface area contributed by atoms with E-state index in [1.54, 1.807) is 6.08 Å². The highest BCUT2D eigenvalue weighted by Gasteiger charge is 2.19. The summed E-state index contributed by atoms with van der Waals surface area (Å²) in [6, 6.07) is 18.3. The van der Waals surface area contributed by atoms with Crippen molar-refractivity contribution in [1.29, 1.82) is 0 Å². The Morgan fingerprint density at radius 3 is 2.44 bits per heavy atom. The maximum Gasteiger partial charge on any atom is 0.244 e. The molecule has 1 fully saturated rings. The summed E-state index contributed by atoms with van der Waals surface area (Å²) in [5.41, 5.74) is 8.70. The molecule has 0 saturated carbocycles. The van der Waals surface area contributed by atoms with E-state index in [0.717, 1.165) is 43.7 Å². The molecule has 1 aliphatic heterocycles. The Labute approximate surface area is 149 Å². The first kappa shape index (κ1) is 17.2. The molecule has 4 heteroatoms. The standard InChI is InChI=1S/C21H25N3O/c22-19-9-6-17(7-10-19)8-11-21(25)23-20-12-14-24(15-13-20)16-18-4-2-1-3-5-18/h1-11,20H,12-16,22H2,(H,23,25)/b11-8+. The van der Waals surface area contributed by atoms with E-state index in [-0.39, 0.29) is 11.9 Å². The number of hydrogen-bond acceptors (Lipinski definition) is 3. The maximum atomic E-state index is 12.1. The molecule has 3 N–H and O–H groups in total. The van der Waals surface area contributed by atoms with E-state index in [4.69, 9.17) is 5.73 Å². The van der Waals surface area contributed by atoms with Gasteiger partial charge < -0.3 is 11.1 Å².